The number of aromatic nitrogens is 1. The van der Waals surface area contributed by atoms with Crippen molar-refractivity contribution in [3.63, 3.8) is 0 Å². The number of nitrogens with zero attached hydrogens (tertiary/aromatic N) is 1. The van der Waals surface area contributed by atoms with Crippen molar-refractivity contribution in [1.82, 2.24) is 10.3 Å². The average molecular weight is 354 g/mol. The van der Waals surface area contributed by atoms with Crippen LogP contribution in [0.25, 0.3) is 6.08 Å². The Morgan fingerprint density at radius 2 is 2.21 bits per heavy atom. The molecule has 2 aromatic rings. The number of rotatable bonds is 7. The Balaban J connectivity index is 1.96. The lowest BCUT2D eigenvalue weighted by molar-refractivity contribution is -0.116. The van der Waals surface area contributed by atoms with E-state index in [1.165, 1.54) is 36.7 Å². The SMILES string of the molecule is COc1cc(/C=C/C(=O)NCc2nc(C)cs2)ccc1OC(F)F. The predicted octanol–water partition coefficient (Wildman–Crippen LogP) is 3.39. The van der Waals surface area contributed by atoms with Crippen LogP contribution >= 0.6 is 11.3 Å². The Morgan fingerprint density at radius 3 is 2.83 bits per heavy atom. The maximum absolute atomic E-state index is 12.3. The minimum atomic E-state index is -2.93. The number of hydrogen-bond donors (Lipinski definition) is 1. The Hall–Kier alpha value is -2.48. The number of benzene rings is 1. The molecule has 0 unspecified atom stereocenters. The quantitative estimate of drug-likeness (QED) is 0.775. The summed E-state index contributed by atoms with van der Waals surface area (Å²) in [6.07, 6.45) is 2.90. The van der Waals surface area contributed by atoms with E-state index in [2.05, 4.69) is 15.0 Å². The molecule has 0 aliphatic rings. The molecule has 0 aliphatic carbocycles. The fourth-order valence-electron chi connectivity index (χ4n) is 1.86. The van der Waals surface area contributed by atoms with Crippen LogP contribution in [0.1, 0.15) is 16.3 Å². The molecule has 1 heterocycles. The number of ether oxygens (including phenoxy) is 2. The van der Waals surface area contributed by atoms with Gasteiger partial charge in [-0.25, -0.2) is 4.98 Å². The molecule has 1 aromatic heterocycles. The van der Waals surface area contributed by atoms with Gasteiger partial charge in [-0.1, -0.05) is 6.07 Å². The molecule has 1 N–H and O–H groups in total. The van der Waals surface area contributed by atoms with Crippen LogP contribution in [0, 0.1) is 6.92 Å². The van der Waals surface area contributed by atoms with Gasteiger partial charge in [0, 0.05) is 17.2 Å². The summed E-state index contributed by atoms with van der Waals surface area (Å²) in [5.41, 5.74) is 1.53. The zero-order chi connectivity index (χ0) is 17.5. The van der Waals surface area contributed by atoms with Gasteiger partial charge in [0.05, 0.1) is 13.7 Å². The summed E-state index contributed by atoms with van der Waals surface area (Å²) in [5.74, 6) is -0.181. The van der Waals surface area contributed by atoms with E-state index in [1.807, 2.05) is 12.3 Å². The van der Waals surface area contributed by atoms with Crippen molar-refractivity contribution in [1.29, 1.82) is 0 Å². The molecule has 0 saturated carbocycles. The van der Waals surface area contributed by atoms with Crippen LogP contribution in [-0.4, -0.2) is 24.6 Å². The number of thiazole rings is 1. The van der Waals surface area contributed by atoms with E-state index >= 15 is 0 Å². The third kappa shape index (κ3) is 5.31. The van der Waals surface area contributed by atoms with Crippen molar-refractivity contribution in [2.45, 2.75) is 20.1 Å². The van der Waals surface area contributed by atoms with Crippen LogP contribution in [0.3, 0.4) is 0 Å². The molecule has 0 saturated heterocycles. The lowest BCUT2D eigenvalue weighted by Gasteiger charge is -2.10. The number of halogens is 2. The number of aryl methyl sites for hydroxylation is 1. The summed E-state index contributed by atoms with van der Waals surface area (Å²) in [4.78, 5) is 16.0. The molecule has 24 heavy (non-hydrogen) atoms. The normalized spacial score (nSPS) is 11.0. The molecule has 128 valence electrons. The second kappa shape index (κ2) is 8.39. The van der Waals surface area contributed by atoms with Gasteiger partial charge in [0.1, 0.15) is 5.01 Å². The summed E-state index contributed by atoms with van der Waals surface area (Å²) in [7, 11) is 1.35. The monoisotopic (exact) mass is 354 g/mol. The maximum atomic E-state index is 12.3. The minimum Gasteiger partial charge on any atom is -0.493 e. The van der Waals surface area contributed by atoms with Gasteiger partial charge in [-0.15, -0.1) is 11.3 Å². The van der Waals surface area contributed by atoms with E-state index in [-0.39, 0.29) is 17.4 Å². The second-order valence-electron chi connectivity index (χ2n) is 4.72. The van der Waals surface area contributed by atoms with E-state index in [4.69, 9.17) is 4.74 Å². The third-order valence-electron chi connectivity index (χ3n) is 2.91. The van der Waals surface area contributed by atoms with E-state index in [1.54, 1.807) is 12.1 Å². The molecule has 0 atom stereocenters. The first kappa shape index (κ1) is 17.9. The number of carbonyl (C=O) groups is 1. The Kier molecular flexibility index (Phi) is 6.25. The molecule has 0 spiro atoms. The van der Waals surface area contributed by atoms with E-state index in [0.717, 1.165) is 10.7 Å². The summed E-state index contributed by atoms with van der Waals surface area (Å²) in [6, 6.07) is 4.42. The molecule has 0 bridgehead atoms. The van der Waals surface area contributed by atoms with Gasteiger partial charge in [-0.05, 0) is 30.7 Å². The Morgan fingerprint density at radius 1 is 1.42 bits per heavy atom. The van der Waals surface area contributed by atoms with Gasteiger partial charge in [-0.3, -0.25) is 4.79 Å². The number of nitrogens with one attached hydrogen (secondary N) is 1. The highest BCUT2D eigenvalue weighted by Gasteiger charge is 2.10. The van der Waals surface area contributed by atoms with Gasteiger partial charge in [0.25, 0.3) is 0 Å². The second-order valence-corrected chi connectivity index (χ2v) is 5.67. The first-order chi connectivity index (χ1) is 11.5. The van der Waals surface area contributed by atoms with Gasteiger partial charge < -0.3 is 14.8 Å². The largest absolute Gasteiger partial charge is 0.493 e. The molecule has 1 aromatic carbocycles. The van der Waals surface area contributed by atoms with E-state index < -0.39 is 6.61 Å². The van der Waals surface area contributed by atoms with Crippen molar-refractivity contribution in [2.75, 3.05) is 7.11 Å². The zero-order valence-corrected chi connectivity index (χ0v) is 13.9. The number of hydrogen-bond acceptors (Lipinski definition) is 5. The van der Waals surface area contributed by atoms with Crippen LogP contribution in [0.5, 0.6) is 11.5 Å². The van der Waals surface area contributed by atoms with Crippen molar-refractivity contribution < 1.29 is 23.0 Å². The number of amides is 1. The van der Waals surface area contributed by atoms with Crippen molar-refractivity contribution in [3.8, 4) is 11.5 Å². The molecule has 2 rings (SSSR count). The predicted molar refractivity (Wildman–Crippen MR) is 87.4 cm³/mol. The average Bonchev–Trinajstić information content (AvgIpc) is 2.97. The van der Waals surface area contributed by atoms with Crippen LogP contribution in [0.15, 0.2) is 29.7 Å². The van der Waals surface area contributed by atoms with Gasteiger partial charge in [0.2, 0.25) is 5.91 Å². The molecule has 0 aliphatic heterocycles. The van der Waals surface area contributed by atoms with Crippen LogP contribution in [0.4, 0.5) is 8.78 Å². The van der Waals surface area contributed by atoms with Crippen molar-refractivity contribution in [3.05, 3.63) is 45.9 Å². The first-order valence-electron chi connectivity index (χ1n) is 6.97. The highest BCUT2D eigenvalue weighted by atomic mass is 32.1. The third-order valence-corrected chi connectivity index (χ3v) is 3.88. The summed E-state index contributed by atoms with van der Waals surface area (Å²) < 4.78 is 33.9. The van der Waals surface area contributed by atoms with Crippen LogP contribution in [0.2, 0.25) is 0 Å². The number of alkyl halides is 2. The highest BCUT2D eigenvalue weighted by Crippen LogP contribution is 2.29. The molecule has 5 nitrogen and oxygen atoms in total. The zero-order valence-electron chi connectivity index (χ0n) is 13.1. The first-order valence-corrected chi connectivity index (χ1v) is 7.85. The summed E-state index contributed by atoms with van der Waals surface area (Å²) in [5, 5.41) is 5.45. The fourth-order valence-corrected chi connectivity index (χ4v) is 2.57. The summed E-state index contributed by atoms with van der Waals surface area (Å²) >= 11 is 1.48. The fraction of sp³-hybridized carbons (Fsp3) is 0.250. The molecule has 0 fully saturated rings. The standard InChI is InChI=1S/C16H16F2N2O3S/c1-10-9-24-15(20-10)8-19-14(21)6-4-11-3-5-12(23-16(17)18)13(7-11)22-2/h3-7,9,16H,8H2,1-2H3,(H,19,21)/b6-4+. The lowest BCUT2D eigenvalue weighted by Crippen LogP contribution is -2.20. The minimum absolute atomic E-state index is 0.0618. The topological polar surface area (TPSA) is 60.5 Å². The van der Waals surface area contributed by atoms with Crippen LogP contribution < -0.4 is 14.8 Å². The van der Waals surface area contributed by atoms with Crippen molar-refractivity contribution >= 4 is 23.3 Å². The molecule has 0 radical (unpaired) electrons. The van der Waals surface area contributed by atoms with Gasteiger partial charge in [0.15, 0.2) is 11.5 Å². The van der Waals surface area contributed by atoms with Crippen molar-refractivity contribution in [2.24, 2.45) is 0 Å². The smallest absolute Gasteiger partial charge is 0.387 e. The number of methoxy groups -OCH3 is 1. The summed E-state index contributed by atoms with van der Waals surface area (Å²) in [6.45, 7) is -0.691. The number of carbonyl (C=O) groups excluding carboxylic acids is 1. The van der Waals surface area contributed by atoms with E-state index in [0.29, 0.717) is 12.1 Å². The molecular formula is C16H16F2N2O3S. The van der Waals surface area contributed by atoms with Gasteiger partial charge >= 0.3 is 6.61 Å². The molecular weight excluding hydrogens is 338 g/mol. The van der Waals surface area contributed by atoms with E-state index in [9.17, 15) is 13.6 Å². The highest BCUT2D eigenvalue weighted by molar-refractivity contribution is 7.09. The Labute approximate surface area is 141 Å². The lowest BCUT2D eigenvalue weighted by atomic mass is 10.2. The maximum Gasteiger partial charge on any atom is 0.387 e. The molecule has 8 heteroatoms. The Bertz CT molecular complexity index is 732. The van der Waals surface area contributed by atoms with Crippen LogP contribution in [-0.2, 0) is 11.3 Å². The van der Waals surface area contributed by atoms with Gasteiger partial charge in [-0.2, -0.15) is 8.78 Å². The molecule has 1 amide bonds.